The molecule has 9 heteroatoms. The van der Waals surface area contributed by atoms with Crippen LogP contribution in [0.25, 0.3) is 0 Å². The molecule has 28 heavy (non-hydrogen) atoms. The number of ether oxygens (including phenoxy) is 3. The van der Waals surface area contributed by atoms with Crippen LogP contribution in [0.2, 0.25) is 0 Å². The first-order valence-corrected chi connectivity index (χ1v) is 9.87. The number of sulfonamides is 1. The summed E-state index contributed by atoms with van der Waals surface area (Å²) in [5.41, 5.74) is 0.749. The molecule has 1 N–H and O–H groups in total. The second-order valence-electron chi connectivity index (χ2n) is 5.97. The molecule has 0 atom stereocenters. The Kier molecular flexibility index (Phi) is 7.38. The lowest BCUT2D eigenvalue weighted by Crippen LogP contribution is -2.23. The Bertz CT molecular complexity index is 911. The van der Waals surface area contributed by atoms with Crippen molar-refractivity contribution in [1.82, 2.24) is 4.31 Å². The van der Waals surface area contributed by atoms with Gasteiger partial charge >= 0.3 is 0 Å². The highest BCUT2D eigenvalue weighted by Crippen LogP contribution is 2.27. The zero-order valence-corrected chi connectivity index (χ0v) is 17.1. The largest absolute Gasteiger partial charge is 0.495 e. The van der Waals surface area contributed by atoms with E-state index in [-0.39, 0.29) is 16.2 Å². The quantitative estimate of drug-likeness (QED) is 0.640. The van der Waals surface area contributed by atoms with Gasteiger partial charge in [0.2, 0.25) is 10.0 Å². The SMILES string of the molecule is COCCOc1ccc(NC(=O)c2ccc(OC)c(S(=O)(=O)N(C)C)c2)cc1. The maximum absolute atomic E-state index is 12.6. The zero-order valence-electron chi connectivity index (χ0n) is 16.3. The first-order valence-electron chi connectivity index (χ1n) is 8.43. The molecular formula is C19H24N2O6S. The first kappa shape index (κ1) is 21.7. The lowest BCUT2D eigenvalue weighted by atomic mass is 10.2. The predicted octanol–water partition coefficient (Wildman–Crippen LogP) is 2.22. The Morgan fingerprint density at radius 2 is 1.71 bits per heavy atom. The number of benzene rings is 2. The molecule has 0 aliphatic carbocycles. The van der Waals surface area contributed by atoms with Crippen LogP contribution in [0, 0.1) is 0 Å². The number of nitrogens with zero attached hydrogens (tertiary/aromatic N) is 1. The summed E-state index contributed by atoms with van der Waals surface area (Å²) in [6.07, 6.45) is 0. The summed E-state index contributed by atoms with van der Waals surface area (Å²) in [4.78, 5) is 12.5. The number of hydrogen-bond acceptors (Lipinski definition) is 6. The number of rotatable bonds is 9. The number of carbonyl (C=O) groups excluding carboxylic acids is 1. The smallest absolute Gasteiger partial charge is 0.255 e. The second-order valence-corrected chi connectivity index (χ2v) is 8.09. The normalized spacial score (nSPS) is 11.3. The first-order chi connectivity index (χ1) is 13.3. The fourth-order valence-corrected chi connectivity index (χ4v) is 3.37. The number of hydrogen-bond donors (Lipinski definition) is 1. The number of anilines is 1. The molecule has 0 radical (unpaired) electrons. The molecular weight excluding hydrogens is 384 g/mol. The van der Waals surface area contributed by atoms with E-state index in [1.165, 1.54) is 39.4 Å². The van der Waals surface area contributed by atoms with Crippen LogP contribution < -0.4 is 14.8 Å². The van der Waals surface area contributed by atoms with E-state index in [1.54, 1.807) is 31.4 Å². The van der Waals surface area contributed by atoms with Crippen molar-refractivity contribution in [3.05, 3.63) is 48.0 Å². The molecule has 2 aromatic carbocycles. The Morgan fingerprint density at radius 3 is 2.29 bits per heavy atom. The van der Waals surface area contributed by atoms with Gasteiger partial charge in [0.1, 0.15) is 23.0 Å². The van der Waals surface area contributed by atoms with Gasteiger partial charge in [0, 0.05) is 32.5 Å². The van der Waals surface area contributed by atoms with Crippen molar-refractivity contribution in [3.8, 4) is 11.5 Å². The van der Waals surface area contributed by atoms with Gasteiger partial charge in [-0.05, 0) is 42.5 Å². The Morgan fingerprint density at radius 1 is 1.04 bits per heavy atom. The average Bonchev–Trinajstić information content (AvgIpc) is 2.68. The third kappa shape index (κ3) is 5.22. The molecule has 152 valence electrons. The third-order valence-corrected chi connectivity index (χ3v) is 5.69. The van der Waals surface area contributed by atoms with Gasteiger partial charge in [0.15, 0.2) is 0 Å². The fourth-order valence-electron chi connectivity index (χ4n) is 2.30. The van der Waals surface area contributed by atoms with Crippen molar-refractivity contribution in [1.29, 1.82) is 0 Å². The highest BCUT2D eigenvalue weighted by atomic mass is 32.2. The molecule has 0 saturated heterocycles. The van der Waals surface area contributed by atoms with E-state index < -0.39 is 15.9 Å². The van der Waals surface area contributed by atoms with Gasteiger partial charge in [-0.15, -0.1) is 0 Å². The molecule has 0 unspecified atom stereocenters. The number of carbonyl (C=O) groups is 1. The Labute approximate surface area is 165 Å². The molecule has 0 aliphatic rings. The van der Waals surface area contributed by atoms with Gasteiger partial charge in [0.25, 0.3) is 5.91 Å². The molecule has 0 spiro atoms. The van der Waals surface area contributed by atoms with E-state index in [4.69, 9.17) is 14.2 Å². The van der Waals surface area contributed by atoms with Crippen LogP contribution >= 0.6 is 0 Å². The summed E-state index contributed by atoms with van der Waals surface area (Å²) in [6.45, 7) is 0.908. The molecule has 0 saturated carbocycles. The minimum absolute atomic E-state index is 0.0745. The highest BCUT2D eigenvalue weighted by Gasteiger charge is 2.24. The molecule has 1 amide bonds. The zero-order chi connectivity index (χ0) is 20.7. The number of methoxy groups -OCH3 is 2. The van der Waals surface area contributed by atoms with Crippen molar-refractivity contribution in [2.45, 2.75) is 4.90 Å². The predicted molar refractivity (Wildman–Crippen MR) is 106 cm³/mol. The van der Waals surface area contributed by atoms with Crippen LogP contribution in [0.3, 0.4) is 0 Å². The highest BCUT2D eigenvalue weighted by molar-refractivity contribution is 7.89. The standard InChI is InChI=1S/C19H24N2O6S/c1-21(2)28(23,24)18-13-14(5-10-17(18)26-4)19(22)20-15-6-8-16(9-7-15)27-12-11-25-3/h5-10,13H,11-12H2,1-4H3,(H,20,22). The van der Waals surface area contributed by atoms with Crippen molar-refractivity contribution in [3.63, 3.8) is 0 Å². The molecule has 8 nitrogen and oxygen atoms in total. The van der Waals surface area contributed by atoms with Crippen molar-refractivity contribution < 1.29 is 27.4 Å². The van der Waals surface area contributed by atoms with Crippen molar-refractivity contribution >= 4 is 21.6 Å². The molecule has 2 rings (SSSR count). The van der Waals surface area contributed by atoms with E-state index in [0.717, 1.165) is 4.31 Å². The summed E-state index contributed by atoms with van der Waals surface area (Å²) in [5, 5.41) is 2.73. The molecule has 0 fully saturated rings. The van der Waals surface area contributed by atoms with Gasteiger partial charge in [-0.1, -0.05) is 0 Å². The van der Waals surface area contributed by atoms with E-state index in [9.17, 15) is 13.2 Å². The van der Waals surface area contributed by atoms with Gasteiger partial charge < -0.3 is 19.5 Å². The monoisotopic (exact) mass is 408 g/mol. The summed E-state index contributed by atoms with van der Waals surface area (Å²) in [6, 6.07) is 11.1. The Balaban J connectivity index is 2.18. The summed E-state index contributed by atoms with van der Waals surface area (Å²) >= 11 is 0. The second kappa shape index (κ2) is 9.54. The van der Waals surface area contributed by atoms with Crippen LogP contribution in [0.4, 0.5) is 5.69 Å². The average molecular weight is 408 g/mol. The molecule has 2 aromatic rings. The lowest BCUT2D eigenvalue weighted by molar-refractivity contribution is 0.102. The van der Waals surface area contributed by atoms with Crippen molar-refractivity contribution in [2.75, 3.05) is 46.8 Å². The number of amides is 1. The topological polar surface area (TPSA) is 94.2 Å². The molecule has 0 aliphatic heterocycles. The van der Waals surface area contributed by atoms with E-state index >= 15 is 0 Å². The summed E-state index contributed by atoms with van der Waals surface area (Å²) < 4.78 is 41.5. The lowest BCUT2D eigenvalue weighted by Gasteiger charge is -2.15. The van der Waals surface area contributed by atoms with E-state index in [1.807, 2.05) is 0 Å². The van der Waals surface area contributed by atoms with Crippen LogP contribution in [0.15, 0.2) is 47.4 Å². The van der Waals surface area contributed by atoms with Gasteiger partial charge in [0.05, 0.1) is 13.7 Å². The maximum atomic E-state index is 12.6. The molecule has 0 bridgehead atoms. The van der Waals surface area contributed by atoms with Crippen LogP contribution in [-0.2, 0) is 14.8 Å². The van der Waals surface area contributed by atoms with Gasteiger partial charge in [-0.2, -0.15) is 0 Å². The Hall–Kier alpha value is -2.62. The third-order valence-electron chi connectivity index (χ3n) is 3.85. The minimum Gasteiger partial charge on any atom is -0.495 e. The fraction of sp³-hybridized carbons (Fsp3) is 0.316. The van der Waals surface area contributed by atoms with E-state index in [2.05, 4.69) is 5.32 Å². The maximum Gasteiger partial charge on any atom is 0.255 e. The summed E-state index contributed by atoms with van der Waals surface area (Å²) in [7, 11) is 2.03. The van der Waals surface area contributed by atoms with Gasteiger partial charge in [-0.3, -0.25) is 4.79 Å². The minimum atomic E-state index is -3.76. The summed E-state index contributed by atoms with van der Waals surface area (Å²) in [5.74, 6) is 0.382. The van der Waals surface area contributed by atoms with Crippen LogP contribution in [0.1, 0.15) is 10.4 Å². The van der Waals surface area contributed by atoms with Crippen LogP contribution in [0.5, 0.6) is 11.5 Å². The molecule has 0 heterocycles. The number of nitrogens with one attached hydrogen (secondary N) is 1. The van der Waals surface area contributed by atoms with Crippen molar-refractivity contribution in [2.24, 2.45) is 0 Å². The van der Waals surface area contributed by atoms with Gasteiger partial charge in [-0.25, -0.2) is 12.7 Å². The van der Waals surface area contributed by atoms with E-state index in [0.29, 0.717) is 24.7 Å². The molecule has 0 aromatic heterocycles. The van der Waals surface area contributed by atoms with Crippen LogP contribution in [-0.4, -0.2) is 60.2 Å².